The number of carbonyl (C=O) groups excluding carboxylic acids is 1. The second-order valence-corrected chi connectivity index (χ2v) is 6.04. The van der Waals surface area contributed by atoms with Crippen molar-refractivity contribution in [3.05, 3.63) is 60.0 Å². The first-order valence-electron chi connectivity index (χ1n) is 8.20. The lowest BCUT2D eigenvalue weighted by Gasteiger charge is -2.11. The van der Waals surface area contributed by atoms with E-state index < -0.39 is 5.91 Å². The van der Waals surface area contributed by atoms with Crippen molar-refractivity contribution >= 4 is 11.6 Å². The van der Waals surface area contributed by atoms with Crippen LogP contribution in [0.4, 0.5) is 5.69 Å². The fourth-order valence-electron chi connectivity index (χ4n) is 2.40. The number of amides is 1. The van der Waals surface area contributed by atoms with Gasteiger partial charge in [-0.15, -0.1) is 0 Å². The highest BCUT2D eigenvalue weighted by Gasteiger charge is 2.15. The van der Waals surface area contributed by atoms with Gasteiger partial charge in [0.2, 0.25) is 5.82 Å². The third-order valence-corrected chi connectivity index (χ3v) is 3.90. The Morgan fingerprint density at radius 2 is 1.81 bits per heavy atom. The minimum atomic E-state index is -0.410. The van der Waals surface area contributed by atoms with Crippen LogP contribution >= 0.6 is 0 Å². The topological polar surface area (TPSA) is 91.5 Å². The van der Waals surface area contributed by atoms with Gasteiger partial charge in [-0.3, -0.25) is 4.79 Å². The summed E-state index contributed by atoms with van der Waals surface area (Å²) in [5, 5.41) is 15.9. The molecule has 0 saturated carbocycles. The minimum Gasteiger partial charge on any atom is -0.508 e. The van der Waals surface area contributed by atoms with Gasteiger partial charge in [-0.05, 0) is 48.4 Å². The molecule has 0 spiro atoms. The van der Waals surface area contributed by atoms with Crippen LogP contribution < -0.4 is 10.2 Å². The van der Waals surface area contributed by atoms with E-state index in [0.717, 1.165) is 16.8 Å². The maximum absolute atomic E-state index is 12.1. The average Bonchev–Trinajstić information content (AvgIpc) is 3.13. The summed E-state index contributed by atoms with van der Waals surface area (Å²) < 4.78 is 5.06. The highest BCUT2D eigenvalue weighted by Crippen LogP contribution is 2.20. The molecule has 1 heterocycles. The molecular weight excluding hydrogens is 332 g/mol. The van der Waals surface area contributed by atoms with Gasteiger partial charge in [0.1, 0.15) is 5.75 Å². The third kappa shape index (κ3) is 4.18. The molecule has 0 aliphatic heterocycles. The summed E-state index contributed by atoms with van der Waals surface area (Å²) in [6, 6.07) is 14.5. The van der Waals surface area contributed by atoms with Crippen LogP contribution in [-0.2, 0) is 6.42 Å². The number of nitrogens with one attached hydrogen (secondary N) is 1. The van der Waals surface area contributed by atoms with Gasteiger partial charge in [0.25, 0.3) is 0 Å². The molecule has 0 unspecified atom stereocenters. The first-order chi connectivity index (χ1) is 12.5. The molecule has 0 aliphatic rings. The fourth-order valence-corrected chi connectivity index (χ4v) is 2.40. The van der Waals surface area contributed by atoms with Crippen molar-refractivity contribution < 1.29 is 14.4 Å². The SMILES string of the molecule is CN(C)c1ccc(-c2noc(C(=O)NCCc3ccc(O)cc3)n2)cc1. The second kappa shape index (κ2) is 7.69. The number of hydrogen-bond acceptors (Lipinski definition) is 6. The number of rotatable bonds is 6. The van der Waals surface area contributed by atoms with E-state index in [1.165, 1.54) is 0 Å². The summed E-state index contributed by atoms with van der Waals surface area (Å²) in [6.07, 6.45) is 0.638. The van der Waals surface area contributed by atoms with Crippen molar-refractivity contribution in [2.24, 2.45) is 0 Å². The smallest absolute Gasteiger partial charge is 0.316 e. The standard InChI is InChI=1S/C19H20N4O3/c1-23(2)15-7-5-14(6-8-15)17-21-19(26-22-17)18(25)20-12-11-13-3-9-16(24)10-4-13/h3-10,24H,11-12H2,1-2H3,(H,20,25). The Kier molecular flexibility index (Phi) is 5.17. The molecule has 0 atom stereocenters. The van der Waals surface area contributed by atoms with Crippen molar-refractivity contribution in [2.75, 3.05) is 25.5 Å². The monoisotopic (exact) mass is 352 g/mol. The third-order valence-electron chi connectivity index (χ3n) is 3.90. The van der Waals surface area contributed by atoms with Crippen LogP contribution in [0.2, 0.25) is 0 Å². The van der Waals surface area contributed by atoms with Gasteiger partial charge in [-0.1, -0.05) is 17.3 Å². The lowest BCUT2D eigenvalue weighted by molar-refractivity contribution is 0.0910. The van der Waals surface area contributed by atoms with Crippen molar-refractivity contribution in [3.8, 4) is 17.1 Å². The lowest BCUT2D eigenvalue weighted by Crippen LogP contribution is -2.25. The number of aromatic hydroxyl groups is 1. The van der Waals surface area contributed by atoms with E-state index in [0.29, 0.717) is 18.8 Å². The summed E-state index contributed by atoms with van der Waals surface area (Å²) in [5.41, 5.74) is 2.85. The number of anilines is 1. The Morgan fingerprint density at radius 1 is 1.12 bits per heavy atom. The second-order valence-electron chi connectivity index (χ2n) is 6.04. The molecule has 2 N–H and O–H groups in total. The molecule has 3 rings (SSSR count). The van der Waals surface area contributed by atoms with Crippen LogP contribution in [0.25, 0.3) is 11.4 Å². The van der Waals surface area contributed by atoms with Crippen molar-refractivity contribution in [2.45, 2.75) is 6.42 Å². The minimum absolute atomic E-state index is 0.0672. The number of hydrogen-bond donors (Lipinski definition) is 2. The molecule has 0 fully saturated rings. The van der Waals surface area contributed by atoms with Gasteiger partial charge >= 0.3 is 11.8 Å². The van der Waals surface area contributed by atoms with E-state index in [2.05, 4.69) is 15.5 Å². The van der Waals surface area contributed by atoms with E-state index in [1.807, 2.05) is 55.4 Å². The van der Waals surface area contributed by atoms with Crippen LogP contribution in [0, 0.1) is 0 Å². The summed E-state index contributed by atoms with van der Waals surface area (Å²) in [4.78, 5) is 18.3. The Labute approximate surface area is 151 Å². The Morgan fingerprint density at radius 3 is 2.46 bits per heavy atom. The normalized spacial score (nSPS) is 10.5. The van der Waals surface area contributed by atoms with Gasteiger partial charge in [-0.2, -0.15) is 4.98 Å². The molecule has 26 heavy (non-hydrogen) atoms. The summed E-state index contributed by atoms with van der Waals surface area (Å²) in [6.45, 7) is 0.429. The predicted octanol–water partition coefficient (Wildman–Crippen LogP) is 2.48. The van der Waals surface area contributed by atoms with Crippen LogP contribution in [0.5, 0.6) is 5.75 Å². The molecule has 0 saturated heterocycles. The van der Waals surface area contributed by atoms with Crippen LogP contribution in [0.3, 0.4) is 0 Å². The zero-order chi connectivity index (χ0) is 18.5. The van der Waals surface area contributed by atoms with Gasteiger partial charge in [-0.25, -0.2) is 0 Å². The molecule has 0 radical (unpaired) electrons. The van der Waals surface area contributed by atoms with Crippen LogP contribution in [0.15, 0.2) is 53.1 Å². The molecule has 1 aromatic heterocycles. The molecule has 0 bridgehead atoms. The van der Waals surface area contributed by atoms with Gasteiger partial charge in [0.05, 0.1) is 0 Å². The molecule has 3 aromatic rings. The fraction of sp³-hybridized carbons (Fsp3) is 0.211. The number of carbonyl (C=O) groups is 1. The number of benzene rings is 2. The highest BCUT2D eigenvalue weighted by atomic mass is 16.5. The molecule has 2 aromatic carbocycles. The van der Waals surface area contributed by atoms with Crippen molar-refractivity contribution in [1.29, 1.82) is 0 Å². The zero-order valence-corrected chi connectivity index (χ0v) is 14.6. The summed E-state index contributed by atoms with van der Waals surface area (Å²) in [7, 11) is 3.92. The quantitative estimate of drug-likeness (QED) is 0.708. The molecule has 7 nitrogen and oxygen atoms in total. The number of phenols is 1. The van der Waals surface area contributed by atoms with E-state index in [9.17, 15) is 9.90 Å². The van der Waals surface area contributed by atoms with E-state index in [4.69, 9.17) is 4.52 Å². The maximum Gasteiger partial charge on any atom is 0.316 e. The predicted molar refractivity (Wildman–Crippen MR) is 98.2 cm³/mol. The largest absolute Gasteiger partial charge is 0.508 e. The summed E-state index contributed by atoms with van der Waals surface area (Å²) >= 11 is 0. The lowest BCUT2D eigenvalue weighted by atomic mass is 10.1. The first kappa shape index (κ1) is 17.5. The highest BCUT2D eigenvalue weighted by molar-refractivity contribution is 5.89. The Hall–Kier alpha value is -3.35. The molecule has 7 heteroatoms. The number of aromatic nitrogens is 2. The zero-order valence-electron chi connectivity index (χ0n) is 14.6. The van der Waals surface area contributed by atoms with E-state index in [1.54, 1.807) is 12.1 Å². The molecular formula is C19H20N4O3. The van der Waals surface area contributed by atoms with E-state index >= 15 is 0 Å². The van der Waals surface area contributed by atoms with Crippen LogP contribution in [0.1, 0.15) is 16.2 Å². The Balaban J connectivity index is 1.58. The summed E-state index contributed by atoms with van der Waals surface area (Å²) in [5.74, 6) is 0.114. The van der Waals surface area contributed by atoms with Crippen molar-refractivity contribution in [3.63, 3.8) is 0 Å². The van der Waals surface area contributed by atoms with E-state index in [-0.39, 0.29) is 11.6 Å². The van der Waals surface area contributed by atoms with Gasteiger partial charge in [0, 0.05) is 31.9 Å². The molecule has 0 aliphatic carbocycles. The van der Waals surface area contributed by atoms with Gasteiger partial charge in [0.15, 0.2) is 0 Å². The average molecular weight is 352 g/mol. The Bertz CT molecular complexity index is 871. The molecule has 1 amide bonds. The maximum atomic E-state index is 12.1. The van der Waals surface area contributed by atoms with Crippen LogP contribution in [-0.4, -0.2) is 41.8 Å². The van der Waals surface area contributed by atoms with Crippen molar-refractivity contribution in [1.82, 2.24) is 15.5 Å². The number of nitrogens with zero attached hydrogens (tertiary/aromatic N) is 3. The first-order valence-corrected chi connectivity index (χ1v) is 8.20. The number of phenolic OH excluding ortho intramolecular Hbond substituents is 1. The molecule has 134 valence electrons. The van der Waals surface area contributed by atoms with Gasteiger partial charge < -0.3 is 19.8 Å².